The zero-order valence-corrected chi connectivity index (χ0v) is 10.3. The summed E-state index contributed by atoms with van der Waals surface area (Å²) in [5.41, 5.74) is 0.960. The van der Waals surface area contributed by atoms with E-state index < -0.39 is 6.09 Å². The first-order valence-electron chi connectivity index (χ1n) is 5.99. The highest BCUT2D eigenvalue weighted by atomic mass is 19.1. The number of rotatable bonds is 4. The molecule has 0 saturated heterocycles. The van der Waals surface area contributed by atoms with Crippen LogP contribution in [0.25, 0.3) is 0 Å². The third-order valence-electron chi connectivity index (χ3n) is 2.55. The molecule has 98 valence electrons. The molecule has 0 aliphatic carbocycles. The van der Waals surface area contributed by atoms with Crippen LogP contribution in [0.5, 0.6) is 5.75 Å². The topological polar surface area (TPSA) is 38.3 Å². The summed E-state index contributed by atoms with van der Waals surface area (Å²) in [6.45, 7) is 0.442. The first-order valence-corrected chi connectivity index (χ1v) is 5.99. The lowest BCUT2D eigenvalue weighted by atomic mass is 10.1. The maximum Gasteiger partial charge on any atom is 0.412 e. The number of carbonyl (C=O) groups excluding carboxylic acids is 1. The van der Waals surface area contributed by atoms with E-state index in [9.17, 15) is 9.18 Å². The Morgan fingerprint density at radius 3 is 2.42 bits per heavy atom. The molecule has 0 unspecified atom stereocenters. The van der Waals surface area contributed by atoms with Crippen LogP contribution in [0.15, 0.2) is 54.6 Å². The van der Waals surface area contributed by atoms with Crippen LogP contribution < -0.4 is 10.1 Å². The normalized spacial score (nSPS) is 9.95. The Bertz CT molecular complexity index is 526. The van der Waals surface area contributed by atoms with E-state index in [1.54, 1.807) is 36.4 Å². The van der Waals surface area contributed by atoms with E-state index in [1.165, 1.54) is 12.1 Å². The van der Waals surface area contributed by atoms with Crippen LogP contribution in [0, 0.1) is 5.82 Å². The number of para-hydroxylation sites is 1. The van der Waals surface area contributed by atoms with Crippen molar-refractivity contribution in [1.82, 2.24) is 5.32 Å². The summed E-state index contributed by atoms with van der Waals surface area (Å²) in [4.78, 5) is 11.5. The van der Waals surface area contributed by atoms with Crippen molar-refractivity contribution in [1.29, 1.82) is 0 Å². The summed E-state index contributed by atoms with van der Waals surface area (Å²) in [5.74, 6) is 0.238. The van der Waals surface area contributed by atoms with Gasteiger partial charge in [0.15, 0.2) is 0 Å². The van der Waals surface area contributed by atoms with E-state index in [0.717, 1.165) is 5.56 Å². The maximum absolute atomic E-state index is 12.7. The Hall–Kier alpha value is -2.36. The van der Waals surface area contributed by atoms with E-state index >= 15 is 0 Å². The fraction of sp³-hybridized carbons (Fsp3) is 0.133. The summed E-state index contributed by atoms with van der Waals surface area (Å²) in [5, 5.41) is 2.64. The Morgan fingerprint density at radius 2 is 1.74 bits per heavy atom. The molecule has 1 amide bonds. The maximum atomic E-state index is 12.7. The van der Waals surface area contributed by atoms with Gasteiger partial charge in [0, 0.05) is 6.54 Å². The van der Waals surface area contributed by atoms with Gasteiger partial charge >= 0.3 is 6.09 Å². The predicted molar refractivity (Wildman–Crippen MR) is 70.6 cm³/mol. The molecule has 0 aromatic heterocycles. The van der Waals surface area contributed by atoms with Crippen LogP contribution in [0.1, 0.15) is 5.56 Å². The van der Waals surface area contributed by atoms with Crippen molar-refractivity contribution in [3.05, 3.63) is 66.0 Å². The largest absolute Gasteiger partial charge is 0.412 e. The highest BCUT2D eigenvalue weighted by Crippen LogP contribution is 2.08. The Morgan fingerprint density at radius 1 is 1.05 bits per heavy atom. The highest BCUT2D eigenvalue weighted by molar-refractivity contribution is 5.70. The zero-order valence-electron chi connectivity index (χ0n) is 10.3. The van der Waals surface area contributed by atoms with Crippen LogP contribution in [0.2, 0.25) is 0 Å². The molecular formula is C15H14FNO2. The van der Waals surface area contributed by atoms with Gasteiger partial charge in [0.25, 0.3) is 0 Å². The van der Waals surface area contributed by atoms with Crippen LogP contribution in [-0.4, -0.2) is 12.6 Å². The number of hydrogen-bond donors (Lipinski definition) is 1. The van der Waals surface area contributed by atoms with Gasteiger partial charge in [-0.2, -0.15) is 0 Å². The van der Waals surface area contributed by atoms with Crippen molar-refractivity contribution >= 4 is 6.09 Å². The van der Waals surface area contributed by atoms with Crippen molar-refractivity contribution in [3.63, 3.8) is 0 Å². The van der Waals surface area contributed by atoms with Crippen LogP contribution in [-0.2, 0) is 6.42 Å². The second-order valence-corrected chi connectivity index (χ2v) is 4.01. The molecule has 19 heavy (non-hydrogen) atoms. The molecule has 0 aliphatic rings. The summed E-state index contributed by atoms with van der Waals surface area (Å²) in [6, 6.07) is 15.0. The lowest BCUT2D eigenvalue weighted by Gasteiger charge is -2.06. The van der Waals surface area contributed by atoms with Crippen LogP contribution in [0.4, 0.5) is 9.18 Å². The molecule has 0 bridgehead atoms. The van der Waals surface area contributed by atoms with E-state index in [1.807, 2.05) is 6.07 Å². The standard InChI is InChI=1S/C15H14FNO2/c16-13-8-6-12(7-9-13)10-11-17-15(18)19-14-4-2-1-3-5-14/h1-9H,10-11H2,(H,17,18). The lowest BCUT2D eigenvalue weighted by molar-refractivity contribution is 0.200. The molecule has 4 heteroatoms. The molecule has 3 nitrogen and oxygen atoms in total. The van der Waals surface area contributed by atoms with E-state index in [0.29, 0.717) is 18.7 Å². The molecule has 0 atom stereocenters. The molecule has 1 N–H and O–H groups in total. The summed E-state index contributed by atoms with van der Waals surface area (Å²) >= 11 is 0. The van der Waals surface area contributed by atoms with Crippen LogP contribution in [0.3, 0.4) is 0 Å². The molecule has 0 heterocycles. The second-order valence-electron chi connectivity index (χ2n) is 4.01. The molecule has 2 aromatic carbocycles. The number of amides is 1. The van der Waals surface area contributed by atoms with Crippen molar-refractivity contribution in [2.75, 3.05) is 6.54 Å². The monoisotopic (exact) mass is 259 g/mol. The molecule has 2 aromatic rings. The highest BCUT2D eigenvalue weighted by Gasteiger charge is 2.03. The van der Waals surface area contributed by atoms with E-state index in [4.69, 9.17) is 4.74 Å². The van der Waals surface area contributed by atoms with Crippen molar-refractivity contribution in [2.45, 2.75) is 6.42 Å². The number of carbonyl (C=O) groups is 1. The molecular weight excluding hydrogens is 245 g/mol. The second kappa shape index (κ2) is 6.54. The minimum absolute atomic E-state index is 0.264. The summed E-state index contributed by atoms with van der Waals surface area (Å²) < 4.78 is 17.8. The number of hydrogen-bond acceptors (Lipinski definition) is 2. The smallest absolute Gasteiger partial charge is 0.410 e. The zero-order chi connectivity index (χ0) is 13.5. The Kier molecular flexibility index (Phi) is 4.50. The minimum atomic E-state index is -0.492. The van der Waals surface area contributed by atoms with Gasteiger partial charge in [0.1, 0.15) is 11.6 Å². The van der Waals surface area contributed by atoms with E-state index in [2.05, 4.69) is 5.32 Å². The molecule has 0 aliphatic heterocycles. The van der Waals surface area contributed by atoms with Gasteiger partial charge in [-0.3, -0.25) is 0 Å². The first-order chi connectivity index (χ1) is 9.24. The average Bonchev–Trinajstić information content (AvgIpc) is 2.42. The van der Waals surface area contributed by atoms with Gasteiger partial charge in [0.05, 0.1) is 0 Å². The lowest BCUT2D eigenvalue weighted by Crippen LogP contribution is -2.28. The molecule has 2 rings (SSSR count). The van der Waals surface area contributed by atoms with Crippen LogP contribution >= 0.6 is 0 Å². The number of ether oxygens (including phenoxy) is 1. The van der Waals surface area contributed by atoms with Crippen molar-refractivity contribution in [2.24, 2.45) is 0 Å². The van der Waals surface area contributed by atoms with Gasteiger partial charge in [-0.25, -0.2) is 9.18 Å². The quantitative estimate of drug-likeness (QED) is 0.916. The van der Waals surface area contributed by atoms with Gasteiger partial charge in [-0.1, -0.05) is 30.3 Å². The Labute approximate surface area is 111 Å². The SMILES string of the molecule is O=C(NCCc1ccc(F)cc1)Oc1ccccc1. The number of benzene rings is 2. The molecule has 0 spiro atoms. The van der Waals surface area contributed by atoms with Gasteiger partial charge in [-0.15, -0.1) is 0 Å². The van der Waals surface area contributed by atoms with Gasteiger partial charge in [-0.05, 0) is 36.2 Å². The molecule has 0 fully saturated rings. The third-order valence-corrected chi connectivity index (χ3v) is 2.55. The van der Waals surface area contributed by atoms with Gasteiger partial charge < -0.3 is 10.1 Å². The molecule has 0 saturated carbocycles. The predicted octanol–water partition coefficient (Wildman–Crippen LogP) is 3.16. The summed E-state index contributed by atoms with van der Waals surface area (Å²) in [7, 11) is 0. The Balaban J connectivity index is 1.74. The van der Waals surface area contributed by atoms with Crippen molar-refractivity contribution < 1.29 is 13.9 Å². The number of halogens is 1. The number of nitrogens with one attached hydrogen (secondary N) is 1. The molecule has 0 radical (unpaired) electrons. The minimum Gasteiger partial charge on any atom is -0.410 e. The average molecular weight is 259 g/mol. The van der Waals surface area contributed by atoms with Gasteiger partial charge in [0.2, 0.25) is 0 Å². The fourth-order valence-electron chi connectivity index (χ4n) is 1.59. The fourth-order valence-corrected chi connectivity index (χ4v) is 1.59. The third kappa shape index (κ3) is 4.43. The first kappa shape index (κ1) is 13.1. The summed E-state index contributed by atoms with van der Waals surface area (Å²) in [6.07, 6.45) is 0.137. The van der Waals surface area contributed by atoms with E-state index in [-0.39, 0.29) is 5.82 Å². The van der Waals surface area contributed by atoms with Crippen molar-refractivity contribution in [3.8, 4) is 5.75 Å².